The maximum Gasteiger partial charge on any atom is 0.257 e. The van der Waals surface area contributed by atoms with E-state index in [0.717, 1.165) is 29.8 Å². The maximum atomic E-state index is 12.3. The van der Waals surface area contributed by atoms with E-state index in [1.54, 1.807) is 12.1 Å². The Morgan fingerprint density at radius 3 is 2.88 bits per heavy atom. The molecule has 128 valence electrons. The first-order chi connectivity index (χ1) is 11.5. The number of thiazole rings is 1. The lowest BCUT2D eigenvalue weighted by molar-refractivity contribution is -0.0707. The van der Waals surface area contributed by atoms with Crippen molar-refractivity contribution in [2.75, 3.05) is 18.4 Å². The average Bonchev–Trinajstić information content (AvgIpc) is 2.93. The van der Waals surface area contributed by atoms with Gasteiger partial charge in [0.15, 0.2) is 5.13 Å². The van der Waals surface area contributed by atoms with Crippen LogP contribution in [-0.2, 0) is 11.3 Å². The summed E-state index contributed by atoms with van der Waals surface area (Å²) in [6.45, 7) is 6.77. The van der Waals surface area contributed by atoms with Gasteiger partial charge in [-0.3, -0.25) is 15.0 Å². The van der Waals surface area contributed by atoms with Crippen LogP contribution in [0.4, 0.5) is 5.13 Å². The summed E-state index contributed by atoms with van der Waals surface area (Å²) in [4.78, 5) is 19.1. The fraction of sp³-hybridized carbons (Fsp3) is 0.412. The summed E-state index contributed by atoms with van der Waals surface area (Å²) in [5.41, 5.74) is 1.59. The highest BCUT2D eigenvalue weighted by Crippen LogP contribution is 2.20. The Morgan fingerprint density at radius 2 is 2.17 bits per heavy atom. The lowest BCUT2D eigenvalue weighted by atomic mass is 10.2. The van der Waals surface area contributed by atoms with Gasteiger partial charge in [-0.25, -0.2) is 4.98 Å². The van der Waals surface area contributed by atoms with Crippen molar-refractivity contribution < 1.29 is 9.53 Å². The Balaban J connectivity index is 1.60. The molecule has 1 saturated heterocycles. The first kappa shape index (κ1) is 17.5. The highest BCUT2D eigenvalue weighted by Gasteiger charge is 2.22. The predicted octanol–water partition coefficient (Wildman–Crippen LogP) is 3.77. The van der Waals surface area contributed by atoms with E-state index in [1.165, 1.54) is 11.3 Å². The zero-order valence-electron chi connectivity index (χ0n) is 13.7. The molecule has 24 heavy (non-hydrogen) atoms. The monoisotopic (exact) mass is 409 g/mol. The van der Waals surface area contributed by atoms with Crippen molar-refractivity contribution in [2.45, 2.75) is 32.6 Å². The number of hydrogen-bond donors (Lipinski definition) is 1. The van der Waals surface area contributed by atoms with Gasteiger partial charge >= 0.3 is 0 Å². The number of morpholine rings is 1. The fourth-order valence-electron chi connectivity index (χ4n) is 2.88. The Labute approximate surface area is 154 Å². The van der Waals surface area contributed by atoms with E-state index in [0.29, 0.717) is 10.7 Å². The molecular weight excluding hydrogens is 390 g/mol. The molecule has 0 saturated carbocycles. The zero-order valence-corrected chi connectivity index (χ0v) is 16.1. The quantitative estimate of drug-likeness (QED) is 0.834. The summed E-state index contributed by atoms with van der Waals surface area (Å²) < 4.78 is 6.63. The van der Waals surface area contributed by atoms with Crippen LogP contribution in [0.1, 0.15) is 29.9 Å². The van der Waals surface area contributed by atoms with Gasteiger partial charge in [-0.1, -0.05) is 22.0 Å². The number of amides is 1. The second-order valence-electron chi connectivity index (χ2n) is 6.06. The van der Waals surface area contributed by atoms with Crippen molar-refractivity contribution >= 4 is 38.3 Å². The van der Waals surface area contributed by atoms with Gasteiger partial charge in [-0.05, 0) is 32.0 Å². The van der Waals surface area contributed by atoms with Crippen molar-refractivity contribution in [3.8, 4) is 0 Å². The van der Waals surface area contributed by atoms with Gasteiger partial charge in [-0.15, -0.1) is 11.3 Å². The van der Waals surface area contributed by atoms with E-state index in [2.05, 4.69) is 45.0 Å². The number of anilines is 1. The summed E-state index contributed by atoms with van der Waals surface area (Å²) in [6.07, 6.45) is 0.478. The zero-order chi connectivity index (χ0) is 17.1. The van der Waals surface area contributed by atoms with E-state index in [4.69, 9.17) is 4.74 Å². The number of nitrogens with one attached hydrogen (secondary N) is 1. The molecule has 1 N–H and O–H groups in total. The second-order valence-corrected chi connectivity index (χ2v) is 7.83. The minimum atomic E-state index is -0.147. The van der Waals surface area contributed by atoms with Gasteiger partial charge in [0, 0.05) is 35.1 Å². The summed E-state index contributed by atoms with van der Waals surface area (Å²) in [5, 5.41) is 5.50. The molecule has 2 aromatic rings. The van der Waals surface area contributed by atoms with E-state index in [-0.39, 0.29) is 18.1 Å². The van der Waals surface area contributed by atoms with Crippen molar-refractivity contribution in [3.63, 3.8) is 0 Å². The lowest BCUT2D eigenvalue weighted by Gasteiger charge is -2.34. The first-order valence-corrected chi connectivity index (χ1v) is 9.56. The third-order valence-corrected chi connectivity index (χ3v) is 5.04. The third-order valence-electron chi connectivity index (χ3n) is 3.74. The smallest absolute Gasteiger partial charge is 0.257 e. The highest BCUT2D eigenvalue weighted by atomic mass is 79.9. The highest BCUT2D eigenvalue weighted by molar-refractivity contribution is 9.10. The summed E-state index contributed by atoms with van der Waals surface area (Å²) in [7, 11) is 0. The topological polar surface area (TPSA) is 54.5 Å². The molecule has 2 unspecified atom stereocenters. The van der Waals surface area contributed by atoms with E-state index < -0.39 is 0 Å². The van der Waals surface area contributed by atoms with Crippen LogP contribution in [-0.4, -0.2) is 41.1 Å². The largest absolute Gasteiger partial charge is 0.373 e. The molecule has 0 bridgehead atoms. The first-order valence-electron chi connectivity index (χ1n) is 7.89. The van der Waals surface area contributed by atoms with Gasteiger partial charge in [0.05, 0.1) is 17.9 Å². The Morgan fingerprint density at radius 1 is 1.42 bits per heavy atom. The molecule has 1 amide bonds. The standard InChI is InChI=1S/C17H20BrN3O2S/c1-11-7-21(8-12(2)23-11)9-15-10-24-17(19-15)20-16(22)13-4-3-5-14(18)6-13/h3-6,10-12H,7-9H2,1-2H3,(H,19,20,22). The Kier molecular flexibility index (Phi) is 5.65. The molecule has 1 fully saturated rings. The van der Waals surface area contributed by atoms with Crippen LogP contribution in [0.15, 0.2) is 34.1 Å². The van der Waals surface area contributed by atoms with Crippen LogP contribution >= 0.6 is 27.3 Å². The van der Waals surface area contributed by atoms with Crippen LogP contribution in [0.5, 0.6) is 0 Å². The molecule has 7 heteroatoms. The molecule has 2 atom stereocenters. The number of carbonyl (C=O) groups excluding carboxylic acids is 1. The molecule has 0 aliphatic carbocycles. The van der Waals surface area contributed by atoms with Gasteiger partial charge in [0.25, 0.3) is 5.91 Å². The molecule has 2 heterocycles. The van der Waals surface area contributed by atoms with E-state index in [1.807, 2.05) is 17.5 Å². The minimum absolute atomic E-state index is 0.147. The van der Waals surface area contributed by atoms with Crippen molar-refractivity contribution in [1.82, 2.24) is 9.88 Å². The fourth-order valence-corrected chi connectivity index (χ4v) is 3.97. The number of carbonyl (C=O) groups is 1. The van der Waals surface area contributed by atoms with Crippen molar-refractivity contribution in [3.05, 3.63) is 45.4 Å². The molecule has 0 radical (unpaired) electrons. The molecule has 1 aromatic carbocycles. The predicted molar refractivity (Wildman–Crippen MR) is 99.5 cm³/mol. The van der Waals surface area contributed by atoms with Crippen LogP contribution in [0.3, 0.4) is 0 Å². The Hall–Kier alpha value is -1.28. The van der Waals surface area contributed by atoms with E-state index >= 15 is 0 Å². The molecule has 1 aromatic heterocycles. The summed E-state index contributed by atoms with van der Waals surface area (Å²) in [6, 6.07) is 7.31. The number of aromatic nitrogens is 1. The minimum Gasteiger partial charge on any atom is -0.373 e. The van der Waals surface area contributed by atoms with Crippen LogP contribution in [0.2, 0.25) is 0 Å². The molecule has 1 aliphatic rings. The maximum absolute atomic E-state index is 12.3. The summed E-state index contributed by atoms with van der Waals surface area (Å²) in [5.74, 6) is -0.147. The number of benzene rings is 1. The molecule has 3 rings (SSSR count). The Bertz CT molecular complexity index is 711. The van der Waals surface area contributed by atoms with Gasteiger partial charge in [0.1, 0.15) is 0 Å². The van der Waals surface area contributed by atoms with Gasteiger partial charge in [-0.2, -0.15) is 0 Å². The number of nitrogens with zero attached hydrogens (tertiary/aromatic N) is 2. The lowest BCUT2D eigenvalue weighted by Crippen LogP contribution is -2.44. The molecule has 5 nitrogen and oxygen atoms in total. The van der Waals surface area contributed by atoms with Gasteiger partial charge < -0.3 is 4.74 Å². The van der Waals surface area contributed by atoms with E-state index in [9.17, 15) is 4.79 Å². The van der Waals surface area contributed by atoms with Crippen molar-refractivity contribution in [2.24, 2.45) is 0 Å². The van der Waals surface area contributed by atoms with Crippen LogP contribution in [0, 0.1) is 0 Å². The number of ether oxygens (including phenoxy) is 1. The normalized spacial score (nSPS) is 21.6. The average molecular weight is 410 g/mol. The third kappa shape index (κ3) is 4.63. The molecule has 0 spiro atoms. The number of rotatable bonds is 4. The van der Waals surface area contributed by atoms with Crippen LogP contribution < -0.4 is 5.32 Å². The van der Waals surface area contributed by atoms with Crippen LogP contribution in [0.25, 0.3) is 0 Å². The summed E-state index contributed by atoms with van der Waals surface area (Å²) >= 11 is 4.83. The number of hydrogen-bond acceptors (Lipinski definition) is 5. The van der Waals surface area contributed by atoms with Gasteiger partial charge in [0.2, 0.25) is 0 Å². The molecule has 1 aliphatic heterocycles. The SMILES string of the molecule is CC1CN(Cc2csc(NC(=O)c3cccc(Br)c3)n2)CC(C)O1. The molecular formula is C17H20BrN3O2S. The van der Waals surface area contributed by atoms with Crippen molar-refractivity contribution in [1.29, 1.82) is 0 Å². The number of halogens is 1. The second kappa shape index (κ2) is 7.74.